The summed E-state index contributed by atoms with van der Waals surface area (Å²) in [6.07, 6.45) is -3.47. The van der Waals surface area contributed by atoms with Gasteiger partial charge in [-0.1, -0.05) is 17.5 Å². The summed E-state index contributed by atoms with van der Waals surface area (Å²) in [6.45, 7) is 6.35. The van der Waals surface area contributed by atoms with Gasteiger partial charge < -0.3 is 10.1 Å². The average Bonchev–Trinajstić information content (AvgIpc) is 3.26. The second-order valence-electron chi connectivity index (χ2n) is 7.38. The van der Waals surface area contributed by atoms with E-state index in [1.54, 1.807) is 0 Å². The van der Waals surface area contributed by atoms with E-state index in [4.69, 9.17) is 16.3 Å². The van der Waals surface area contributed by atoms with Crippen LogP contribution < -0.4 is 5.32 Å². The molecule has 1 aliphatic rings. The van der Waals surface area contributed by atoms with Gasteiger partial charge >= 0.3 is 12.1 Å². The summed E-state index contributed by atoms with van der Waals surface area (Å²) in [6, 6.07) is 4.06. The summed E-state index contributed by atoms with van der Waals surface area (Å²) in [7, 11) is 0. The van der Waals surface area contributed by atoms with E-state index in [1.165, 1.54) is 12.1 Å². The van der Waals surface area contributed by atoms with E-state index in [0.29, 0.717) is 0 Å². The quantitative estimate of drug-likeness (QED) is 0.566. The van der Waals surface area contributed by atoms with Gasteiger partial charge in [0.2, 0.25) is 0 Å². The maximum Gasteiger partial charge on any atom is 0.445 e. The molecule has 0 saturated heterocycles. The topological polar surface area (TPSA) is 38.3 Å². The van der Waals surface area contributed by atoms with E-state index < -0.39 is 23.3 Å². The number of carbonyl (C=O) groups excluding carboxylic acids is 1. The van der Waals surface area contributed by atoms with E-state index in [0.717, 1.165) is 25.8 Å². The molecule has 0 aromatic heterocycles. The second kappa shape index (κ2) is 7.03. The standard InChI is InChI=1S/C19H21ClF3NO2/c1-12(25)26-18(19(21,22)23,10-9-13-5-6-13)15-11-14(20)7-8-16(15)24-17(2,3)4/h7-8,11,13,24H,5-6H2,1-4H3. The molecule has 1 atom stereocenters. The predicted molar refractivity (Wildman–Crippen MR) is 94.8 cm³/mol. The molecule has 1 fully saturated rings. The van der Waals surface area contributed by atoms with E-state index in [1.807, 2.05) is 20.8 Å². The summed E-state index contributed by atoms with van der Waals surface area (Å²) < 4.78 is 47.4. The van der Waals surface area contributed by atoms with E-state index in [2.05, 4.69) is 17.2 Å². The third kappa shape index (κ3) is 4.85. The van der Waals surface area contributed by atoms with Crippen LogP contribution in [0.25, 0.3) is 0 Å². The molecule has 0 aliphatic heterocycles. The minimum atomic E-state index is -4.94. The maximum absolute atomic E-state index is 14.2. The number of halogens is 4. The Bertz CT molecular complexity index is 755. The molecule has 0 radical (unpaired) electrons. The van der Waals surface area contributed by atoms with Crippen LogP contribution in [0, 0.1) is 17.8 Å². The zero-order valence-corrected chi connectivity index (χ0v) is 15.8. The average molecular weight is 388 g/mol. The molecule has 1 N–H and O–H groups in total. The number of esters is 1. The number of benzene rings is 1. The van der Waals surface area contributed by atoms with Crippen LogP contribution in [-0.2, 0) is 15.1 Å². The highest BCUT2D eigenvalue weighted by Crippen LogP contribution is 2.46. The van der Waals surface area contributed by atoms with Crippen molar-refractivity contribution in [2.75, 3.05) is 5.32 Å². The van der Waals surface area contributed by atoms with Gasteiger partial charge in [0.05, 0.1) is 0 Å². The molecule has 26 heavy (non-hydrogen) atoms. The second-order valence-corrected chi connectivity index (χ2v) is 7.82. The van der Waals surface area contributed by atoms with Crippen LogP contribution in [0.1, 0.15) is 46.1 Å². The molecule has 2 rings (SSSR count). The van der Waals surface area contributed by atoms with Crippen molar-refractivity contribution in [2.24, 2.45) is 5.92 Å². The van der Waals surface area contributed by atoms with Crippen LogP contribution in [0.3, 0.4) is 0 Å². The lowest BCUT2D eigenvalue weighted by Crippen LogP contribution is -2.46. The lowest BCUT2D eigenvalue weighted by molar-refractivity contribution is -0.252. The highest BCUT2D eigenvalue weighted by molar-refractivity contribution is 6.30. The zero-order chi connectivity index (χ0) is 19.8. The lowest BCUT2D eigenvalue weighted by Gasteiger charge is -2.34. The van der Waals surface area contributed by atoms with Crippen molar-refractivity contribution < 1.29 is 22.7 Å². The number of carbonyl (C=O) groups is 1. The third-order valence-corrected chi connectivity index (χ3v) is 3.83. The Morgan fingerprint density at radius 1 is 1.27 bits per heavy atom. The number of nitrogens with one attached hydrogen (secondary N) is 1. The van der Waals surface area contributed by atoms with Crippen LogP contribution in [0.15, 0.2) is 18.2 Å². The first-order chi connectivity index (χ1) is 11.8. The Labute approximate surface area is 156 Å². The van der Waals surface area contributed by atoms with Crippen molar-refractivity contribution >= 4 is 23.3 Å². The molecule has 142 valence electrons. The van der Waals surface area contributed by atoms with Crippen LogP contribution in [0.4, 0.5) is 18.9 Å². The first-order valence-corrected chi connectivity index (χ1v) is 8.59. The minimum Gasteiger partial charge on any atom is -0.431 e. The largest absolute Gasteiger partial charge is 0.445 e. The maximum atomic E-state index is 14.2. The van der Waals surface area contributed by atoms with Gasteiger partial charge in [0, 0.05) is 34.7 Å². The number of hydrogen-bond donors (Lipinski definition) is 1. The smallest absolute Gasteiger partial charge is 0.431 e. The van der Waals surface area contributed by atoms with Crippen LogP contribution >= 0.6 is 11.6 Å². The molecular formula is C19H21ClF3NO2. The van der Waals surface area contributed by atoms with Gasteiger partial charge in [-0.2, -0.15) is 13.2 Å². The molecule has 0 heterocycles. The first-order valence-electron chi connectivity index (χ1n) is 8.21. The summed E-state index contributed by atoms with van der Waals surface area (Å²) >= 11 is 5.97. The van der Waals surface area contributed by atoms with Crippen molar-refractivity contribution in [3.8, 4) is 11.8 Å². The lowest BCUT2D eigenvalue weighted by atomic mass is 9.90. The van der Waals surface area contributed by atoms with E-state index >= 15 is 0 Å². The minimum absolute atomic E-state index is 0.0912. The monoisotopic (exact) mass is 387 g/mol. The molecule has 0 spiro atoms. The number of ether oxygens (including phenoxy) is 1. The van der Waals surface area contributed by atoms with Crippen molar-refractivity contribution in [1.82, 2.24) is 0 Å². The van der Waals surface area contributed by atoms with Crippen molar-refractivity contribution in [1.29, 1.82) is 0 Å². The fourth-order valence-corrected chi connectivity index (χ4v) is 2.57. The SMILES string of the molecule is CC(=O)OC(C#CC1CC1)(c1cc(Cl)ccc1NC(C)(C)C)C(F)(F)F. The van der Waals surface area contributed by atoms with Gasteiger partial charge in [0.15, 0.2) is 0 Å². The molecule has 1 unspecified atom stereocenters. The number of rotatable bonds is 3. The summed E-state index contributed by atoms with van der Waals surface area (Å²) in [4.78, 5) is 11.6. The Morgan fingerprint density at radius 2 is 1.88 bits per heavy atom. The van der Waals surface area contributed by atoms with Gasteiger partial charge in [0.25, 0.3) is 5.60 Å². The van der Waals surface area contributed by atoms with Gasteiger partial charge in [-0.15, -0.1) is 0 Å². The van der Waals surface area contributed by atoms with Crippen molar-refractivity contribution in [2.45, 2.75) is 57.9 Å². The van der Waals surface area contributed by atoms with Gasteiger partial charge in [-0.3, -0.25) is 4.79 Å². The molecule has 7 heteroatoms. The number of anilines is 1. The third-order valence-electron chi connectivity index (χ3n) is 3.60. The van der Waals surface area contributed by atoms with E-state index in [-0.39, 0.29) is 22.2 Å². The van der Waals surface area contributed by atoms with Crippen molar-refractivity contribution in [3.05, 3.63) is 28.8 Å². The summed E-state index contributed by atoms with van der Waals surface area (Å²) in [5.74, 6) is 3.64. The summed E-state index contributed by atoms with van der Waals surface area (Å²) in [5.41, 5.74) is -3.78. The molecule has 1 saturated carbocycles. The molecule has 1 aromatic carbocycles. The zero-order valence-electron chi connectivity index (χ0n) is 15.1. The highest BCUT2D eigenvalue weighted by atomic mass is 35.5. The molecule has 1 aliphatic carbocycles. The number of alkyl halides is 3. The van der Waals surface area contributed by atoms with Crippen LogP contribution in [-0.4, -0.2) is 17.7 Å². The number of hydrogen-bond acceptors (Lipinski definition) is 3. The Kier molecular flexibility index (Phi) is 5.53. The molecule has 0 bridgehead atoms. The first kappa shape index (κ1) is 20.4. The highest BCUT2D eigenvalue weighted by Gasteiger charge is 2.60. The van der Waals surface area contributed by atoms with Gasteiger partial charge in [-0.25, -0.2) is 0 Å². The summed E-state index contributed by atoms with van der Waals surface area (Å²) in [5, 5.41) is 3.10. The van der Waals surface area contributed by atoms with Gasteiger partial charge in [-0.05, 0) is 57.7 Å². The molecular weight excluding hydrogens is 367 g/mol. The molecule has 0 amide bonds. The fraction of sp³-hybridized carbons (Fsp3) is 0.526. The van der Waals surface area contributed by atoms with Crippen molar-refractivity contribution in [3.63, 3.8) is 0 Å². The molecule has 1 aromatic rings. The molecule has 3 nitrogen and oxygen atoms in total. The Hall–Kier alpha value is -1.87. The van der Waals surface area contributed by atoms with Gasteiger partial charge in [0.1, 0.15) is 0 Å². The Balaban J connectivity index is 2.73. The fourth-order valence-electron chi connectivity index (χ4n) is 2.40. The van der Waals surface area contributed by atoms with Crippen LogP contribution in [0.5, 0.6) is 0 Å². The normalized spacial score (nSPS) is 16.9. The van der Waals surface area contributed by atoms with Crippen LogP contribution in [0.2, 0.25) is 5.02 Å². The van der Waals surface area contributed by atoms with E-state index in [9.17, 15) is 18.0 Å². The predicted octanol–water partition coefficient (Wildman–Crippen LogP) is 5.28. The Morgan fingerprint density at radius 3 is 2.35 bits per heavy atom.